The summed E-state index contributed by atoms with van der Waals surface area (Å²) in [7, 11) is 0. The van der Waals surface area contributed by atoms with Crippen LogP contribution in [0, 0.1) is 13.8 Å². The van der Waals surface area contributed by atoms with E-state index in [9.17, 15) is 18.0 Å². The second-order valence-corrected chi connectivity index (χ2v) is 8.84. The number of pyridine rings is 2. The Morgan fingerprint density at radius 3 is 2.50 bits per heavy atom. The minimum atomic E-state index is -4.48. The molecule has 0 atom stereocenters. The topological polar surface area (TPSA) is 91.2 Å². The predicted molar refractivity (Wildman–Crippen MR) is 124 cm³/mol. The normalized spacial score (nSPS) is 17.3. The van der Waals surface area contributed by atoms with Gasteiger partial charge in [-0.05, 0) is 49.6 Å². The van der Waals surface area contributed by atoms with Gasteiger partial charge in [0.2, 0.25) is 0 Å². The molecule has 0 bridgehead atoms. The van der Waals surface area contributed by atoms with Gasteiger partial charge in [0.15, 0.2) is 11.6 Å². The molecule has 36 heavy (non-hydrogen) atoms. The number of nitrogens with one attached hydrogen (secondary N) is 1. The van der Waals surface area contributed by atoms with E-state index in [2.05, 4.69) is 26.5 Å². The molecule has 3 aromatic rings. The highest BCUT2D eigenvalue weighted by atomic mass is 19.4. The molecule has 3 aromatic heterocycles. The van der Waals surface area contributed by atoms with E-state index in [-0.39, 0.29) is 11.4 Å². The molecule has 5 rings (SSSR count). The summed E-state index contributed by atoms with van der Waals surface area (Å²) in [5.74, 6) is -0.727. The Kier molecular flexibility index (Phi) is 6.13. The summed E-state index contributed by atoms with van der Waals surface area (Å²) in [5, 5.41) is 6.95. The Morgan fingerprint density at radius 1 is 1.11 bits per heavy atom. The van der Waals surface area contributed by atoms with Crippen LogP contribution in [0.2, 0.25) is 0 Å². The first kappa shape index (κ1) is 24.1. The van der Waals surface area contributed by atoms with Gasteiger partial charge in [-0.1, -0.05) is 6.08 Å². The number of halogens is 3. The highest BCUT2D eigenvalue weighted by molar-refractivity contribution is 6.05. The van der Waals surface area contributed by atoms with Crippen LogP contribution in [0.15, 0.2) is 42.9 Å². The van der Waals surface area contributed by atoms with E-state index in [1.165, 1.54) is 16.9 Å². The van der Waals surface area contributed by atoms with Gasteiger partial charge in [-0.25, -0.2) is 9.67 Å². The quantitative estimate of drug-likeness (QED) is 0.551. The van der Waals surface area contributed by atoms with E-state index >= 15 is 0 Å². The van der Waals surface area contributed by atoms with Crippen LogP contribution >= 0.6 is 0 Å². The summed E-state index contributed by atoms with van der Waals surface area (Å²) >= 11 is 0. The molecule has 8 nitrogen and oxygen atoms in total. The molecule has 4 heterocycles. The molecule has 2 aliphatic rings. The summed E-state index contributed by atoms with van der Waals surface area (Å²) < 4.78 is 51.3. The number of ether oxygens (including phenoxy) is 2. The van der Waals surface area contributed by atoms with Crippen molar-refractivity contribution in [2.45, 2.75) is 45.1 Å². The fraction of sp³-hybridized carbons (Fsp3) is 0.360. The third-order valence-electron chi connectivity index (χ3n) is 6.44. The van der Waals surface area contributed by atoms with E-state index < -0.39 is 23.4 Å². The van der Waals surface area contributed by atoms with E-state index in [1.54, 1.807) is 13.1 Å². The molecule has 0 radical (unpaired) electrons. The molecule has 0 saturated carbocycles. The van der Waals surface area contributed by atoms with E-state index in [0.29, 0.717) is 31.0 Å². The molecule has 1 aliphatic heterocycles. The van der Waals surface area contributed by atoms with Gasteiger partial charge in [-0.15, -0.1) is 0 Å². The standard InChI is InChI=1S/C25H24F3N5O3/c1-15-11-19(13-30-22(15)17-5-7-24(8-6-17)35-9-10-36-24)32-23(34)20-14-31-33(16(20)2)21-4-3-18(12-29-21)25(26,27)28/h3-5,11-14H,6-10H2,1-2H3,(H,32,34). The molecule has 1 N–H and O–H groups in total. The summed E-state index contributed by atoms with van der Waals surface area (Å²) in [6.07, 6.45) is 3.56. The Bertz CT molecular complexity index is 1330. The highest BCUT2D eigenvalue weighted by Crippen LogP contribution is 2.38. The third-order valence-corrected chi connectivity index (χ3v) is 6.44. The SMILES string of the molecule is Cc1cc(NC(=O)c2cnn(-c3ccc(C(F)(F)F)cn3)c2C)cnc1C1=CCC2(CC1)OCCO2. The minimum absolute atomic E-state index is 0.178. The zero-order chi connectivity index (χ0) is 25.5. The van der Waals surface area contributed by atoms with Crippen molar-refractivity contribution in [3.8, 4) is 5.82 Å². The lowest BCUT2D eigenvalue weighted by Gasteiger charge is -2.30. The summed E-state index contributed by atoms with van der Waals surface area (Å²) in [6, 6.07) is 3.99. The molecular formula is C25H24F3N5O3. The van der Waals surface area contributed by atoms with Crippen LogP contribution in [0.3, 0.4) is 0 Å². The first-order valence-electron chi connectivity index (χ1n) is 11.5. The maximum Gasteiger partial charge on any atom is 0.417 e. The molecule has 188 valence electrons. The van der Waals surface area contributed by atoms with E-state index in [4.69, 9.17) is 9.47 Å². The first-order valence-corrected chi connectivity index (χ1v) is 11.5. The Hall–Kier alpha value is -3.57. The molecule has 1 saturated heterocycles. The van der Waals surface area contributed by atoms with Crippen molar-refractivity contribution in [1.82, 2.24) is 19.7 Å². The number of carbonyl (C=O) groups is 1. The lowest BCUT2D eigenvalue weighted by molar-refractivity contribution is -0.159. The van der Waals surface area contributed by atoms with Crippen molar-refractivity contribution >= 4 is 17.2 Å². The van der Waals surface area contributed by atoms with Crippen LogP contribution in [0.4, 0.5) is 18.9 Å². The number of hydrogen-bond acceptors (Lipinski definition) is 6. The second-order valence-electron chi connectivity index (χ2n) is 8.84. The number of rotatable bonds is 4. The van der Waals surface area contributed by atoms with Crippen LogP contribution in [-0.2, 0) is 15.7 Å². The number of hydrogen-bond donors (Lipinski definition) is 1. The molecule has 0 unspecified atom stereocenters. The van der Waals surface area contributed by atoms with E-state index in [0.717, 1.165) is 41.9 Å². The van der Waals surface area contributed by atoms with Gasteiger partial charge in [0.1, 0.15) is 0 Å². The third kappa shape index (κ3) is 4.63. The van der Waals surface area contributed by atoms with Crippen molar-refractivity contribution in [2.75, 3.05) is 18.5 Å². The van der Waals surface area contributed by atoms with Crippen LogP contribution < -0.4 is 5.32 Å². The molecule has 11 heteroatoms. The van der Waals surface area contributed by atoms with Gasteiger partial charge in [0.25, 0.3) is 5.91 Å². The number of alkyl halides is 3. The monoisotopic (exact) mass is 499 g/mol. The van der Waals surface area contributed by atoms with Crippen molar-refractivity contribution in [3.63, 3.8) is 0 Å². The largest absolute Gasteiger partial charge is 0.417 e. The summed E-state index contributed by atoms with van der Waals surface area (Å²) in [4.78, 5) is 21.3. The Labute approximate surface area is 205 Å². The van der Waals surface area contributed by atoms with Gasteiger partial charge < -0.3 is 14.8 Å². The Balaban J connectivity index is 1.29. The van der Waals surface area contributed by atoms with Crippen molar-refractivity contribution in [2.24, 2.45) is 0 Å². The first-order chi connectivity index (χ1) is 17.2. The van der Waals surface area contributed by atoms with Gasteiger partial charge >= 0.3 is 6.18 Å². The molecule has 1 aliphatic carbocycles. The number of carbonyl (C=O) groups excluding carboxylic acids is 1. The zero-order valence-electron chi connectivity index (χ0n) is 19.7. The Morgan fingerprint density at radius 2 is 1.89 bits per heavy atom. The average molecular weight is 499 g/mol. The zero-order valence-corrected chi connectivity index (χ0v) is 19.7. The number of aromatic nitrogens is 4. The fourth-order valence-corrected chi connectivity index (χ4v) is 4.50. The maximum absolute atomic E-state index is 12.9. The number of anilines is 1. The van der Waals surface area contributed by atoms with E-state index in [1.807, 2.05) is 13.0 Å². The molecule has 0 aromatic carbocycles. The van der Waals surface area contributed by atoms with Crippen LogP contribution in [-0.4, -0.2) is 44.7 Å². The smallest absolute Gasteiger partial charge is 0.347 e. The average Bonchev–Trinajstić information content (AvgIpc) is 3.46. The molecule has 1 fully saturated rings. The number of aryl methyl sites for hydroxylation is 1. The van der Waals surface area contributed by atoms with Gasteiger partial charge in [-0.3, -0.25) is 9.78 Å². The number of allylic oxidation sites excluding steroid dienone is 1. The highest BCUT2D eigenvalue weighted by Gasteiger charge is 2.38. The van der Waals surface area contributed by atoms with Crippen LogP contribution in [0.25, 0.3) is 11.4 Å². The fourth-order valence-electron chi connectivity index (χ4n) is 4.50. The van der Waals surface area contributed by atoms with Crippen molar-refractivity contribution in [3.05, 3.63) is 70.9 Å². The van der Waals surface area contributed by atoms with Crippen LogP contribution in [0.5, 0.6) is 0 Å². The second kappa shape index (κ2) is 9.14. The predicted octanol–water partition coefficient (Wildman–Crippen LogP) is 4.86. The number of nitrogens with zero attached hydrogens (tertiary/aromatic N) is 4. The lowest BCUT2D eigenvalue weighted by Crippen LogP contribution is -2.31. The van der Waals surface area contributed by atoms with Gasteiger partial charge in [0, 0.05) is 19.0 Å². The molecule has 1 amide bonds. The van der Waals surface area contributed by atoms with Gasteiger partial charge in [0.05, 0.1) is 53.8 Å². The lowest BCUT2D eigenvalue weighted by atomic mass is 9.90. The summed E-state index contributed by atoms with van der Waals surface area (Å²) in [6.45, 7) is 4.82. The van der Waals surface area contributed by atoms with Crippen LogP contribution in [0.1, 0.15) is 52.1 Å². The summed E-state index contributed by atoms with van der Waals surface area (Å²) in [5.41, 5.74) is 3.30. The molecule has 1 spiro atoms. The van der Waals surface area contributed by atoms with Crippen molar-refractivity contribution < 1.29 is 27.4 Å². The van der Waals surface area contributed by atoms with Gasteiger partial charge in [-0.2, -0.15) is 18.3 Å². The maximum atomic E-state index is 12.9. The number of amides is 1. The minimum Gasteiger partial charge on any atom is -0.347 e. The molecular weight excluding hydrogens is 475 g/mol. The van der Waals surface area contributed by atoms with Crippen molar-refractivity contribution in [1.29, 1.82) is 0 Å².